The lowest BCUT2D eigenvalue weighted by Crippen LogP contribution is -2.41. The van der Waals surface area contributed by atoms with Crippen LogP contribution in [0.15, 0.2) is 82.0 Å². The average molecular weight is 506 g/mol. The second kappa shape index (κ2) is 11.1. The molecule has 1 atom stereocenters. The minimum absolute atomic E-state index is 0.0128. The fraction of sp³-hybridized carbons (Fsp3) is 0.179. The van der Waals surface area contributed by atoms with Gasteiger partial charge < -0.3 is 19.2 Å². The van der Waals surface area contributed by atoms with Crippen molar-refractivity contribution < 1.29 is 23.5 Å². The maximum Gasteiger partial charge on any atom is 0.408 e. The Labute approximate surface area is 212 Å². The molecular weight excluding hydrogens is 482 g/mol. The lowest BCUT2D eigenvalue weighted by molar-refractivity contribution is -0.136. The molecule has 0 aliphatic rings. The Balaban J connectivity index is 1.46. The molecule has 0 spiro atoms. The van der Waals surface area contributed by atoms with Gasteiger partial charge in [0.1, 0.15) is 18.2 Å². The van der Waals surface area contributed by atoms with E-state index in [-0.39, 0.29) is 23.0 Å². The Bertz CT molecular complexity index is 1450. The van der Waals surface area contributed by atoms with Gasteiger partial charge in [-0.15, -0.1) is 0 Å². The SMILES string of the molecule is Cc1c(Cc2ccccc2)c(=O)oc2cc(OC(=O)[C@@H](C)NC(=O)OCc3ccccc3)c(Cl)cc12. The van der Waals surface area contributed by atoms with E-state index in [2.05, 4.69) is 5.32 Å². The third kappa shape index (κ3) is 5.93. The minimum atomic E-state index is -1.01. The second-order valence-electron chi connectivity index (χ2n) is 8.28. The minimum Gasteiger partial charge on any atom is -0.445 e. The number of nitrogens with one attached hydrogen (secondary N) is 1. The summed E-state index contributed by atoms with van der Waals surface area (Å²) in [4.78, 5) is 37.3. The van der Waals surface area contributed by atoms with Crippen LogP contribution in [0.1, 0.15) is 29.2 Å². The molecule has 8 heteroatoms. The first-order valence-electron chi connectivity index (χ1n) is 11.3. The van der Waals surface area contributed by atoms with Gasteiger partial charge in [0.2, 0.25) is 0 Å². The Hall–Kier alpha value is -4.10. The van der Waals surface area contributed by atoms with Crippen LogP contribution in [0.2, 0.25) is 5.02 Å². The zero-order valence-corrected chi connectivity index (χ0v) is 20.5. The van der Waals surface area contributed by atoms with Gasteiger partial charge in [-0.1, -0.05) is 72.3 Å². The summed E-state index contributed by atoms with van der Waals surface area (Å²) >= 11 is 6.39. The topological polar surface area (TPSA) is 94.8 Å². The van der Waals surface area contributed by atoms with E-state index in [4.69, 9.17) is 25.5 Å². The summed E-state index contributed by atoms with van der Waals surface area (Å²) in [5.74, 6) is -0.744. The van der Waals surface area contributed by atoms with Crippen molar-refractivity contribution in [1.29, 1.82) is 0 Å². The van der Waals surface area contributed by atoms with Gasteiger partial charge in [0.05, 0.1) is 5.02 Å². The number of aryl methyl sites for hydroxylation is 1. The second-order valence-corrected chi connectivity index (χ2v) is 8.69. The maximum atomic E-state index is 12.7. The zero-order chi connectivity index (χ0) is 25.7. The predicted octanol–water partition coefficient (Wildman–Crippen LogP) is 5.57. The fourth-order valence-corrected chi connectivity index (χ4v) is 3.87. The third-order valence-electron chi connectivity index (χ3n) is 5.67. The van der Waals surface area contributed by atoms with E-state index in [9.17, 15) is 14.4 Å². The largest absolute Gasteiger partial charge is 0.445 e. The Morgan fingerprint density at radius 1 is 1.00 bits per heavy atom. The Morgan fingerprint density at radius 2 is 1.64 bits per heavy atom. The molecule has 0 unspecified atom stereocenters. The summed E-state index contributed by atoms with van der Waals surface area (Å²) in [6.45, 7) is 3.35. The molecule has 4 aromatic rings. The van der Waals surface area contributed by atoms with Crippen molar-refractivity contribution in [2.75, 3.05) is 0 Å². The van der Waals surface area contributed by atoms with Crippen LogP contribution in [0.25, 0.3) is 11.0 Å². The monoisotopic (exact) mass is 505 g/mol. The average Bonchev–Trinajstić information content (AvgIpc) is 2.87. The van der Waals surface area contributed by atoms with Crippen LogP contribution in [-0.2, 0) is 22.6 Å². The van der Waals surface area contributed by atoms with E-state index in [1.165, 1.54) is 13.0 Å². The molecule has 1 aromatic heterocycles. The van der Waals surface area contributed by atoms with Crippen LogP contribution in [0, 0.1) is 6.92 Å². The number of rotatable bonds is 7. The molecular formula is C28H24ClNO6. The van der Waals surface area contributed by atoms with Crippen LogP contribution >= 0.6 is 11.6 Å². The molecule has 3 aromatic carbocycles. The molecule has 1 heterocycles. The number of carbonyl (C=O) groups excluding carboxylic acids is 2. The number of fused-ring (bicyclic) bond motifs is 1. The van der Waals surface area contributed by atoms with Gasteiger partial charge >= 0.3 is 17.7 Å². The van der Waals surface area contributed by atoms with Gasteiger partial charge in [0, 0.05) is 23.4 Å². The summed E-state index contributed by atoms with van der Waals surface area (Å²) in [7, 11) is 0. The lowest BCUT2D eigenvalue weighted by Gasteiger charge is -2.15. The van der Waals surface area contributed by atoms with Crippen LogP contribution in [0.4, 0.5) is 4.79 Å². The molecule has 36 heavy (non-hydrogen) atoms. The normalized spacial score (nSPS) is 11.6. The predicted molar refractivity (Wildman–Crippen MR) is 136 cm³/mol. The molecule has 0 radical (unpaired) electrons. The smallest absolute Gasteiger partial charge is 0.408 e. The quantitative estimate of drug-likeness (QED) is 0.200. The van der Waals surface area contributed by atoms with E-state index < -0.39 is 23.7 Å². The summed E-state index contributed by atoms with van der Waals surface area (Å²) in [5, 5.41) is 3.23. The van der Waals surface area contributed by atoms with Crippen molar-refractivity contribution >= 4 is 34.6 Å². The summed E-state index contributed by atoms with van der Waals surface area (Å²) in [6, 6.07) is 20.7. The van der Waals surface area contributed by atoms with E-state index in [0.717, 1.165) is 16.7 Å². The molecule has 0 aliphatic heterocycles. The van der Waals surface area contributed by atoms with E-state index in [1.54, 1.807) is 6.07 Å². The number of amides is 1. The molecule has 0 saturated carbocycles. The lowest BCUT2D eigenvalue weighted by atomic mass is 9.99. The summed E-state index contributed by atoms with van der Waals surface area (Å²) < 4.78 is 16.0. The molecule has 1 N–H and O–H groups in total. The van der Waals surface area contributed by atoms with Gasteiger partial charge in [-0.05, 0) is 36.6 Å². The van der Waals surface area contributed by atoms with Crippen molar-refractivity contribution in [1.82, 2.24) is 5.32 Å². The van der Waals surface area contributed by atoms with E-state index in [0.29, 0.717) is 17.4 Å². The maximum absolute atomic E-state index is 12.7. The summed E-state index contributed by atoms with van der Waals surface area (Å²) in [5.41, 5.74) is 2.83. The third-order valence-corrected chi connectivity index (χ3v) is 5.97. The van der Waals surface area contributed by atoms with Crippen LogP contribution < -0.4 is 15.7 Å². The Morgan fingerprint density at radius 3 is 2.31 bits per heavy atom. The summed E-state index contributed by atoms with van der Waals surface area (Å²) in [6.07, 6.45) is -0.344. The molecule has 1 amide bonds. The van der Waals surface area contributed by atoms with Crippen molar-refractivity contribution in [2.24, 2.45) is 0 Å². The first-order chi connectivity index (χ1) is 17.3. The molecule has 4 rings (SSSR count). The van der Waals surface area contributed by atoms with Gasteiger partial charge in [-0.2, -0.15) is 0 Å². The number of hydrogen-bond acceptors (Lipinski definition) is 6. The van der Waals surface area contributed by atoms with Gasteiger partial charge in [0.25, 0.3) is 0 Å². The number of esters is 1. The van der Waals surface area contributed by atoms with Crippen LogP contribution in [0.5, 0.6) is 5.75 Å². The molecule has 0 saturated heterocycles. The number of alkyl carbamates (subject to hydrolysis) is 1. The number of carbonyl (C=O) groups is 2. The van der Waals surface area contributed by atoms with Crippen LogP contribution in [-0.4, -0.2) is 18.1 Å². The highest BCUT2D eigenvalue weighted by molar-refractivity contribution is 6.33. The van der Waals surface area contributed by atoms with Crippen molar-refractivity contribution in [3.8, 4) is 5.75 Å². The fourth-order valence-electron chi connectivity index (χ4n) is 3.67. The van der Waals surface area contributed by atoms with Gasteiger partial charge in [0.15, 0.2) is 5.75 Å². The molecule has 0 aliphatic carbocycles. The number of hydrogen-bond donors (Lipinski definition) is 1. The molecule has 184 valence electrons. The molecule has 0 fully saturated rings. The van der Waals surface area contributed by atoms with Crippen molar-refractivity contribution in [3.05, 3.63) is 110 Å². The molecule has 0 bridgehead atoms. The van der Waals surface area contributed by atoms with Crippen LogP contribution in [0.3, 0.4) is 0 Å². The standard InChI is InChI=1S/C28H24ClNO6/c1-17-21-14-23(29)25(15-24(21)35-27(32)22(17)13-19-9-5-3-6-10-19)36-26(31)18(2)30-28(33)34-16-20-11-7-4-8-12-20/h3-12,14-15,18H,13,16H2,1-2H3,(H,30,33)/t18-/m1/s1. The number of benzene rings is 3. The van der Waals surface area contributed by atoms with E-state index >= 15 is 0 Å². The first kappa shape index (κ1) is 25.0. The highest BCUT2D eigenvalue weighted by Gasteiger charge is 2.21. The Kier molecular flexibility index (Phi) is 7.71. The van der Waals surface area contributed by atoms with Gasteiger partial charge in [-0.25, -0.2) is 14.4 Å². The number of halogens is 1. The van der Waals surface area contributed by atoms with E-state index in [1.807, 2.05) is 67.6 Å². The first-order valence-corrected chi connectivity index (χ1v) is 11.7. The zero-order valence-electron chi connectivity index (χ0n) is 19.7. The number of ether oxygens (including phenoxy) is 2. The highest BCUT2D eigenvalue weighted by Crippen LogP contribution is 2.32. The highest BCUT2D eigenvalue weighted by atomic mass is 35.5. The van der Waals surface area contributed by atoms with Gasteiger partial charge in [-0.3, -0.25) is 0 Å². The van der Waals surface area contributed by atoms with Crippen molar-refractivity contribution in [3.63, 3.8) is 0 Å². The van der Waals surface area contributed by atoms with Crippen molar-refractivity contribution in [2.45, 2.75) is 32.9 Å². The molecule has 7 nitrogen and oxygen atoms in total.